The topological polar surface area (TPSA) is 195 Å². The molecule has 13 nitrogen and oxygen atoms in total. The van der Waals surface area contributed by atoms with Crippen molar-refractivity contribution in [1.82, 2.24) is 24.7 Å². The number of aromatic nitrogens is 5. The first kappa shape index (κ1) is 23.8. The van der Waals surface area contributed by atoms with Gasteiger partial charge in [0.2, 0.25) is 5.78 Å². The maximum Gasteiger partial charge on any atom is 0.333 e. The Bertz CT molecular complexity index is 1250. The highest BCUT2D eigenvalue weighted by Gasteiger charge is 2.42. The van der Waals surface area contributed by atoms with Gasteiger partial charge in [0.25, 0.3) is 0 Å². The molecule has 1 aliphatic rings. The van der Waals surface area contributed by atoms with Gasteiger partial charge in [0, 0.05) is 30.7 Å². The van der Waals surface area contributed by atoms with Crippen LogP contribution in [-0.4, -0.2) is 74.0 Å². The van der Waals surface area contributed by atoms with Crippen molar-refractivity contribution in [2.75, 3.05) is 11.9 Å². The van der Waals surface area contributed by atoms with E-state index < -0.39 is 40.3 Å². The van der Waals surface area contributed by atoms with Gasteiger partial charge in [-0.2, -0.15) is 13.5 Å². The van der Waals surface area contributed by atoms with E-state index in [0.717, 1.165) is 5.56 Å². The lowest BCUT2D eigenvalue weighted by molar-refractivity contribution is 0.00778. The lowest BCUT2D eigenvalue weighted by Crippen LogP contribution is -2.36. The fourth-order valence-corrected chi connectivity index (χ4v) is 4.15. The molecule has 0 aliphatic heterocycles. The van der Waals surface area contributed by atoms with Crippen LogP contribution in [0.25, 0.3) is 0 Å². The molecule has 0 unspecified atom stereocenters. The number of anilines is 1. The van der Waals surface area contributed by atoms with Crippen LogP contribution in [0.15, 0.2) is 49.3 Å². The molecule has 180 valence electrons. The second kappa shape index (κ2) is 9.90. The van der Waals surface area contributed by atoms with E-state index in [1.54, 1.807) is 29.3 Å². The predicted octanol–water partition coefficient (Wildman–Crippen LogP) is -0.910. The van der Waals surface area contributed by atoms with Crippen molar-refractivity contribution >= 4 is 21.9 Å². The summed E-state index contributed by atoms with van der Waals surface area (Å²) in [6.07, 6.45) is 5.24. The van der Waals surface area contributed by atoms with Gasteiger partial charge in [-0.05, 0) is 24.1 Å². The van der Waals surface area contributed by atoms with Crippen molar-refractivity contribution in [1.29, 1.82) is 0 Å². The minimum absolute atomic E-state index is 0.125. The van der Waals surface area contributed by atoms with E-state index in [1.165, 1.54) is 12.5 Å². The maximum absolute atomic E-state index is 13.1. The summed E-state index contributed by atoms with van der Waals surface area (Å²) in [5, 5.41) is 32.8. The number of nitrogens with zero attached hydrogens (tertiary/aromatic N) is 5. The third kappa shape index (κ3) is 5.60. The number of carbonyl (C=O) groups excluding carboxylic acids is 1. The fourth-order valence-electron chi connectivity index (χ4n) is 3.79. The Kier molecular flexibility index (Phi) is 6.95. The summed E-state index contributed by atoms with van der Waals surface area (Å²) in [5.41, 5.74) is 1.22. The van der Waals surface area contributed by atoms with Crippen LogP contribution in [0.3, 0.4) is 0 Å². The van der Waals surface area contributed by atoms with Crippen LogP contribution in [0, 0.1) is 5.92 Å². The molecule has 1 aliphatic carbocycles. The van der Waals surface area contributed by atoms with Crippen LogP contribution >= 0.6 is 0 Å². The van der Waals surface area contributed by atoms with Crippen LogP contribution in [0.4, 0.5) is 5.82 Å². The summed E-state index contributed by atoms with van der Waals surface area (Å²) in [6.45, 7) is 0.0465. The number of aliphatic hydroxyl groups excluding tert-OH is 2. The number of nitrogens with two attached hydrogens (primary N) is 1. The molecule has 3 aromatic rings. The summed E-state index contributed by atoms with van der Waals surface area (Å²) in [6, 6.07) is 4.55. The number of aliphatic hydroxyl groups is 2. The van der Waals surface area contributed by atoms with Gasteiger partial charge < -0.3 is 15.5 Å². The molecule has 0 saturated heterocycles. The normalized spacial score (nSPS) is 22.6. The highest BCUT2D eigenvalue weighted by molar-refractivity contribution is 7.84. The summed E-state index contributed by atoms with van der Waals surface area (Å²) in [4.78, 5) is 25.2. The first-order chi connectivity index (χ1) is 16.2. The Morgan fingerprint density at radius 2 is 2.06 bits per heavy atom. The summed E-state index contributed by atoms with van der Waals surface area (Å²) >= 11 is 0. The number of hydrogen-bond donors (Lipinski definition) is 4. The molecular formula is C20H23N7O6S. The lowest BCUT2D eigenvalue weighted by atomic mass is 10.1. The van der Waals surface area contributed by atoms with E-state index in [9.17, 15) is 23.4 Å². The second-order valence-corrected chi connectivity index (χ2v) is 9.10. The van der Waals surface area contributed by atoms with Gasteiger partial charge in [0.05, 0.1) is 30.9 Å². The molecule has 0 aromatic carbocycles. The van der Waals surface area contributed by atoms with Gasteiger partial charge in [-0.15, -0.1) is 0 Å². The zero-order valence-corrected chi connectivity index (χ0v) is 18.6. The predicted molar refractivity (Wildman–Crippen MR) is 118 cm³/mol. The molecule has 0 amide bonds. The zero-order valence-electron chi connectivity index (χ0n) is 17.8. The molecule has 4 rings (SSSR count). The van der Waals surface area contributed by atoms with E-state index in [-0.39, 0.29) is 30.1 Å². The van der Waals surface area contributed by atoms with Crippen molar-refractivity contribution in [2.45, 2.75) is 31.2 Å². The van der Waals surface area contributed by atoms with Gasteiger partial charge in [-0.1, -0.05) is 6.07 Å². The standard InChI is InChI=1S/C20H23N7O6S/c21-34(31,32)33-10-13-6-16(19(30)17(13)28)25-20-14(8-23-11-24-20)18(29)15-3-5-27(26-15)9-12-2-1-4-22-7-12/h1-5,7-8,11,13,16-17,19,28,30H,6,9-10H2,(H2,21,31,32)(H,23,24,25)/t13-,16-,17-,19+/m1/s1. The fraction of sp³-hybridized carbons (Fsp3) is 0.350. The smallest absolute Gasteiger partial charge is 0.333 e. The van der Waals surface area contributed by atoms with Crippen molar-refractivity contribution in [3.8, 4) is 0 Å². The van der Waals surface area contributed by atoms with Crippen LogP contribution in [-0.2, 0) is 21.0 Å². The summed E-state index contributed by atoms with van der Waals surface area (Å²) in [5.74, 6) is -0.990. The maximum atomic E-state index is 13.1. The Balaban J connectivity index is 1.47. The minimum atomic E-state index is -4.19. The van der Waals surface area contributed by atoms with Gasteiger partial charge in [0.15, 0.2) is 0 Å². The van der Waals surface area contributed by atoms with Gasteiger partial charge in [0.1, 0.15) is 23.9 Å². The minimum Gasteiger partial charge on any atom is -0.390 e. The molecule has 3 aromatic heterocycles. The number of rotatable bonds is 9. The molecule has 3 heterocycles. The third-order valence-electron chi connectivity index (χ3n) is 5.47. The molecule has 4 atom stereocenters. The SMILES string of the molecule is NS(=O)(=O)OC[C@H]1C[C@@H](Nc2ncncc2C(=O)c2ccn(Cc3cccnc3)n2)[C@H](O)[C@@H]1O. The van der Waals surface area contributed by atoms with Crippen molar-refractivity contribution < 1.29 is 27.6 Å². The molecule has 14 heteroatoms. The Labute approximate surface area is 194 Å². The summed E-state index contributed by atoms with van der Waals surface area (Å²) in [7, 11) is -4.19. The molecule has 34 heavy (non-hydrogen) atoms. The van der Waals surface area contributed by atoms with Crippen molar-refractivity contribution in [3.63, 3.8) is 0 Å². The van der Waals surface area contributed by atoms with E-state index in [0.29, 0.717) is 6.54 Å². The number of ketones is 1. The first-order valence-corrected chi connectivity index (χ1v) is 11.8. The number of carbonyl (C=O) groups is 1. The first-order valence-electron chi connectivity index (χ1n) is 10.3. The lowest BCUT2D eigenvalue weighted by Gasteiger charge is -2.19. The highest BCUT2D eigenvalue weighted by atomic mass is 32.2. The number of nitrogens with one attached hydrogen (secondary N) is 1. The van der Waals surface area contributed by atoms with Gasteiger partial charge in [-0.25, -0.2) is 15.1 Å². The monoisotopic (exact) mass is 489 g/mol. The summed E-state index contributed by atoms with van der Waals surface area (Å²) < 4.78 is 28.2. The zero-order chi connectivity index (χ0) is 24.3. The van der Waals surface area contributed by atoms with E-state index >= 15 is 0 Å². The largest absolute Gasteiger partial charge is 0.390 e. The van der Waals surface area contributed by atoms with Crippen LogP contribution < -0.4 is 10.5 Å². The van der Waals surface area contributed by atoms with Crippen LogP contribution in [0.2, 0.25) is 0 Å². The Morgan fingerprint density at radius 1 is 1.24 bits per heavy atom. The molecule has 0 spiro atoms. The van der Waals surface area contributed by atoms with E-state index in [4.69, 9.17) is 5.14 Å². The number of pyridine rings is 1. The molecular weight excluding hydrogens is 466 g/mol. The Morgan fingerprint density at radius 3 is 2.79 bits per heavy atom. The Hall–Kier alpha value is -3.30. The van der Waals surface area contributed by atoms with E-state index in [1.807, 2.05) is 12.1 Å². The van der Waals surface area contributed by atoms with Gasteiger partial charge >= 0.3 is 10.3 Å². The molecule has 1 saturated carbocycles. The van der Waals surface area contributed by atoms with Crippen LogP contribution in [0.1, 0.15) is 28.0 Å². The second-order valence-electron chi connectivity index (χ2n) is 7.88. The molecule has 0 radical (unpaired) electrons. The highest BCUT2D eigenvalue weighted by Crippen LogP contribution is 2.30. The molecule has 1 fully saturated rings. The average molecular weight is 490 g/mol. The quantitative estimate of drug-likeness (QED) is 0.272. The van der Waals surface area contributed by atoms with Crippen molar-refractivity contribution in [2.24, 2.45) is 11.1 Å². The molecule has 0 bridgehead atoms. The van der Waals surface area contributed by atoms with Crippen molar-refractivity contribution in [3.05, 3.63) is 66.1 Å². The third-order valence-corrected chi connectivity index (χ3v) is 5.93. The van der Waals surface area contributed by atoms with Gasteiger partial charge in [-0.3, -0.25) is 18.6 Å². The molecule has 5 N–H and O–H groups in total. The average Bonchev–Trinajstić information content (AvgIpc) is 3.38. The number of hydrogen-bond acceptors (Lipinski definition) is 11. The van der Waals surface area contributed by atoms with E-state index in [2.05, 4.69) is 29.6 Å². The van der Waals surface area contributed by atoms with Crippen LogP contribution in [0.5, 0.6) is 0 Å².